The molecule has 0 fully saturated rings. The zero-order valence-corrected chi connectivity index (χ0v) is 9.68. The number of hydrogen-bond donors (Lipinski definition) is 1. The van der Waals surface area contributed by atoms with Crippen LogP contribution in [0.4, 0.5) is 10.1 Å². The lowest BCUT2D eigenvalue weighted by Gasteiger charge is -2.19. The van der Waals surface area contributed by atoms with Crippen LogP contribution in [0.1, 0.15) is 18.9 Å². The van der Waals surface area contributed by atoms with E-state index >= 15 is 0 Å². The Kier molecular flexibility index (Phi) is 4.56. The number of halogens is 1. The zero-order chi connectivity index (χ0) is 11.3. The van der Waals surface area contributed by atoms with Gasteiger partial charge in [0.25, 0.3) is 0 Å². The van der Waals surface area contributed by atoms with E-state index < -0.39 is 0 Å². The predicted molar refractivity (Wildman–Crippen MR) is 62.7 cm³/mol. The molecule has 0 aliphatic rings. The fourth-order valence-corrected chi connectivity index (χ4v) is 1.63. The third-order valence-corrected chi connectivity index (χ3v) is 2.36. The Morgan fingerprint density at radius 1 is 1.40 bits per heavy atom. The molecular formula is C12H19FN2. The first-order valence-corrected chi connectivity index (χ1v) is 5.33. The van der Waals surface area contributed by atoms with Crippen LogP contribution < -0.4 is 10.2 Å². The second-order valence-electron chi connectivity index (χ2n) is 3.74. The normalized spacial score (nSPS) is 10.4. The van der Waals surface area contributed by atoms with Gasteiger partial charge >= 0.3 is 0 Å². The molecule has 0 saturated carbocycles. The summed E-state index contributed by atoms with van der Waals surface area (Å²) in [6.07, 6.45) is 1.02. The van der Waals surface area contributed by atoms with Crippen LogP contribution in [0.15, 0.2) is 18.2 Å². The highest BCUT2D eigenvalue weighted by Gasteiger charge is 2.06. The molecule has 84 valence electrons. The summed E-state index contributed by atoms with van der Waals surface area (Å²) in [7, 11) is 3.77. The minimum Gasteiger partial charge on any atom is -0.372 e. The standard InChI is InChI=1S/C12H19FN2/c1-4-7-15(3)12-6-5-10(9-14-2)8-11(12)13/h5-6,8,14H,4,7,9H2,1-3H3. The molecule has 2 nitrogen and oxygen atoms in total. The first kappa shape index (κ1) is 12.0. The largest absolute Gasteiger partial charge is 0.372 e. The van der Waals surface area contributed by atoms with E-state index in [0.717, 1.165) is 18.5 Å². The van der Waals surface area contributed by atoms with Crippen LogP contribution in [0.2, 0.25) is 0 Å². The molecule has 0 heterocycles. The topological polar surface area (TPSA) is 15.3 Å². The lowest BCUT2D eigenvalue weighted by atomic mass is 10.2. The second-order valence-corrected chi connectivity index (χ2v) is 3.74. The van der Waals surface area contributed by atoms with E-state index in [9.17, 15) is 4.39 Å². The van der Waals surface area contributed by atoms with Crippen molar-refractivity contribution in [3.05, 3.63) is 29.6 Å². The number of rotatable bonds is 5. The Hall–Kier alpha value is -1.09. The molecule has 1 aromatic rings. The lowest BCUT2D eigenvalue weighted by Crippen LogP contribution is -2.19. The number of hydrogen-bond acceptors (Lipinski definition) is 2. The van der Waals surface area contributed by atoms with E-state index in [4.69, 9.17) is 0 Å². The van der Waals surface area contributed by atoms with Gasteiger partial charge in [0.1, 0.15) is 5.82 Å². The fraction of sp³-hybridized carbons (Fsp3) is 0.500. The van der Waals surface area contributed by atoms with E-state index in [2.05, 4.69) is 12.2 Å². The summed E-state index contributed by atoms with van der Waals surface area (Å²) in [5.74, 6) is -0.140. The van der Waals surface area contributed by atoms with Crippen molar-refractivity contribution >= 4 is 5.69 Å². The van der Waals surface area contributed by atoms with Gasteiger partial charge in [-0.1, -0.05) is 13.0 Å². The number of anilines is 1. The van der Waals surface area contributed by atoms with E-state index in [1.54, 1.807) is 6.07 Å². The Bertz CT molecular complexity index is 312. The molecule has 1 aromatic carbocycles. The predicted octanol–water partition coefficient (Wildman–Crippen LogP) is 2.39. The van der Waals surface area contributed by atoms with Crippen LogP contribution >= 0.6 is 0 Å². The van der Waals surface area contributed by atoms with Gasteiger partial charge in [0.15, 0.2) is 0 Å². The highest BCUT2D eigenvalue weighted by Crippen LogP contribution is 2.19. The fourth-order valence-electron chi connectivity index (χ4n) is 1.63. The summed E-state index contributed by atoms with van der Waals surface area (Å²) in [6, 6.07) is 5.40. The lowest BCUT2D eigenvalue weighted by molar-refractivity contribution is 0.618. The minimum absolute atomic E-state index is 0.140. The molecule has 0 spiro atoms. The van der Waals surface area contributed by atoms with Gasteiger partial charge in [-0.05, 0) is 31.2 Å². The third kappa shape index (κ3) is 3.20. The van der Waals surface area contributed by atoms with Crippen LogP contribution in [-0.2, 0) is 6.54 Å². The highest BCUT2D eigenvalue weighted by molar-refractivity contribution is 5.48. The molecule has 0 atom stereocenters. The van der Waals surface area contributed by atoms with Gasteiger partial charge in [0.05, 0.1) is 5.69 Å². The first-order chi connectivity index (χ1) is 7.19. The average Bonchev–Trinajstić information content (AvgIpc) is 2.18. The zero-order valence-electron chi connectivity index (χ0n) is 9.68. The highest BCUT2D eigenvalue weighted by atomic mass is 19.1. The van der Waals surface area contributed by atoms with Crippen molar-refractivity contribution in [3.63, 3.8) is 0 Å². The van der Waals surface area contributed by atoms with E-state index in [0.29, 0.717) is 12.2 Å². The molecule has 0 saturated heterocycles. The van der Waals surface area contributed by atoms with E-state index in [1.165, 1.54) is 0 Å². The summed E-state index contributed by atoms with van der Waals surface area (Å²) in [5.41, 5.74) is 1.65. The van der Waals surface area contributed by atoms with E-state index in [1.807, 2.05) is 31.1 Å². The molecule has 3 heteroatoms. The molecule has 0 bridgehead atoms. The quantitative estimate of drug-likeness (QED) is 0.802. The van der Waals surface area contributed by atoms with Gasteiger partial charge in [-0.15, -0.1) is 0 Å². The number of nitrogens with zero attached hydrogens (tertiary/aromatic N) is 1. The molecule has 0 radical (unpaired) electrons. The maximum absolute atomic E-state index is 13.7. The molecule has 1 rings (SSSR count). The van der Waals surface area contributed by atoms with Crippen molar-refractivity contribution in [2.75, 3.05) is 25.5 Å². The average molecular weight is 210 g/mol. The molecule has 0 unspecified atom stereocenters. The van der Waals surface area contributed by atoms with Gasteiger partial charge in [-0.25, -0.2) is 4.39 Å². The molecular weight excluding hydrogens is 191 g/mol. The maximum atomic E-state index is 13.7. The van der Waals surface area contributed by atoms with Crippen molar-refractivity contribution in [2.24, 2.45) is 0 Å². The second kappa shape index (κ2) is 5.71. The maximum Gasteiger partial charge on any atom is 0.146 e. The van der Waals surface area contributed by atoms with Crippen molar-refractivity contribution in [3.8, 4) is 0 Å². The van der Waals surface area contributed by atoms with Gasteiger partial charge < -0.3 is 10.2 Å². The van der Waals surface area contributed by atoms with Gasteiger partial charge in [0.2, 0.25) is 0 Å². The van der Waals surface area contributed by atoms with Crippen molar-refractivity contribution in [1.82, 2.24) is 5.32 Å². The smallest absolute Gasteiger partial charge is 0.146 e. The Balaban J connectivity index is 2.82. The van der Waals surface area contributed by atoms with Crippen LogP contribution in [-0.4, -0.2) is 20.6 Å². The van der Waals surface area contributed by atoms with Crippen LogP contribution in [0.5, 0.6) is 0 Å². The van der Waals surface area contributed by atoms with Crippen molar-refractivity contribution in [1.29, 1.82) is 0 Å². The van der Waals surface area contributed by atoms with Crippen molar-refractivity contribution in [2.45, 2.75) is 19.9 Å². The molecule has 1 N–H and O–H groups in total. The Morgan fingerprint density at radius 2 is 2.13 bits per heavy atom. The molecule has 0 aromatic heterocycles. The summed E-state index contributed by atoms with van der Waals surface area (Å²) < 4.78 is 13.7. The minimum atomic E-state index is -0.140. The summed E-state index contributed by atoms with van der Waals surface area (Å²) in [6.45, 7) is 3.67. The van der Waals surface area contributed by atoms with Crippen LogP contribution in [0.25, 0.3) is 0 Å². The van der Waals surface area contributed by atoms with Crippen LogP contribution in [0.3, 0.4) is 0 Å². The van der Waals surface area contributed by atoms with Gasteiger partial charge in [-0.2, -0.15) is 0 Å². The molecule has 0 amide bonds. The Morgan fingerprint density at radius 3 is 2.67 bits per heavy atom. The summed E-state index contributed by atoms with van der Waals surface area (Å²) in [4.78, 5) is 1.94. The Labute approximate surface area is 91.1 Å². The number of benzene rings is 1. The molecule has 0 aliphatic carbocycles. The SMILES string of the molecule is CCCN(C)c1ccc(CNC)cc1F. The van der Waals surface area contributed by atoms with Crippen LogP contribution in [0, 0.1) is 5.82 Å². The van der Waals surface area contributed by atoms with E-state index in [-0.39, 0.29) is 5.82 Å². The monoisotopic (exact) mass is 210 g/mol. The van der Waals surface area contributed by atoms with Gasteiger partial charge in [-0.3, -0.25) is 0 Å². The van der Waals surface area contributed by atoms with Gasteiger partial charge in [0, 0.05) is 20.1 Å². The third-order valence-electron chi connectivity index (χ3n) is 2.36. The first-order valence-electron chi connectivity index (χ1n) is 5.33. The molecule has 15 heavy (non-hydrogen) atoms. The van der Waals surface area contributed by atoms with Crippen molar-refractivity contribution < 1.29 is 4.39 Å². The number of nitrogens with one attached hydrogen (secondary N) is 1. The molecule has 0 aliphatic heterocycles. The summed E-state index contributed by atoms with van der Waals surface area (Å²) >= 11 is 0. The summed E-state index contributed by atoms with van der Waals surface area (Å²) in [5, 5.41) is 3.00.